The second-order valence-electron chi connectivity index (χ2n) is 5.56. The summed E-state index contributed by atoms with van der Waals surface area (Å²) in [6.45, 7) is 0. The number of ether oxygens (including phenoxy) is 1. The number of nitrogens with zero attached hydrogens (tertiary/aromatic N) is 1. The van der Waals surface area contributed by atoms with Crippen molar-refractivity contribution in [3.8, 4) is 5.75 Å². The van der Waals surface area contributed by atoms with Gasteiger partial charge in [-0.2, -0.15) is 0 Å². The Hall–Kier alpha value is -1.62. The van der Waals surface area contributed by atoms with Crippen molar-refractivity contribution >= 4 is 5.91 Å². The Morgan fingerprint density at radius 3 is 2.52 bits per heavy atom. The molecule has 1 N–H and O–H groups in total. The van der Waals surface area contributed by atoms with Gasteiger partial charge < -0.3 is 15.0 Å². The molecule has 0 unspecified atom stereocenters. The fourth-order valence-corrected chi connectivity index (χ4v) is 2.90. The molecular weight excluding hydrogens is 271 g/mol. The fraction of sp³-hybridized carbons (Fsp3) is 0.562. The zero-order valence-electron chi connectivity index (χ0n) is 12.9. The largest absolute Gasteiger partial charge is 0.497 e. The van der Waals surface area contributed by atoms with Gasteiger partial charge in [0, 0.05) is 25.2 Å². The van der Waals surface area contributed by atoms with E-state index in [0.29, 0.717) is 11.8 Å². The molecule has 1 aromatic rings. The summed E-state index contributed by atoms with van der Waals surface area (Å²) in [6, 6.07) is 5.07. The Kier molecular flexibility index (Phi) is 5.17. The van der Waals surface area contributed by atoms with Crippen LogP contribution in [0.2, 0.25) is 0 Å². The predicted octanol–water partition coefficient (Wildman–Crippen LogP) is 2.44. The molecule has 0 saturated heterocycles. The maximum Gasteiger partial charge on any atom is 0.256 e. The lowest BCUT2D eigenvalue weighted by Crippen LogP contribution is -2.42. The first-order valence-electron chi connectivity index (χ1n) is 7.34. The summed E-state index contributed by atoms with van der Waals surface area (Å²) >= 11 is 0. The van der Waals surface area contributed by atoms with Crippen LogP contribution in [0.4, 0.5) is 4.39 Å². The molecule has 0 aliphatic heterocycles. The number of hydrogen-bond acceptors (Lipinski definition) is 3. The van der Waals surface area contributed by atoms with Crippen LogP contribution in [-0.2, 0) is 0 Å². The minimum absolute atomic E-state index is 0.106. The van der Waals surface area contributed by atoms with E-state index in [1.54, 1.807) is 18.0 Å². The van der Waals surface area contributed by atoms with Crippen LogP contribution in [0.15, 0.2) is 18.2 Å². The van der Waals surface area contributed by atoms with Crippen molar-refractivity contribution in [2.24, 2.45) is 0 Å². The number of benzene rings is 1. The van der Waals surface area contributed by atoms with Crippen molar-refractivity contribution in [3.05, 3.63) is 29.6 Å². The minimum Gasteiger partial charge on any atom is -0.497 e. The third kappa shape index (κ3) is 3.53. The first kappa shape index (κ1) is 15.8. The number of nitrogens with one attached hydrogen (secondary N) is 1. The van der Waals surface area contributed by atoms with E-state index in [2.05, 4.69) is 5.32 Å². The van der Waals surface area contributed by atoms with Gasteiger partial charge in [0.25, 0.3) is 5.91 Å². The second kappa shape index (κ2) is 6.89. The Morgan fingerprint density at radius 2 is 2.00 bits per heavy atom. The summed E-state index contributed by atoms with van der Waals surface area (Å²) in [4.78, 5) is 14.1. The highest BCUT2D eigenvalue weighted by Crippen LogP contribution is 2.24. The molecule has 21 heavy (non-hydrogen) atoms. The number of carbonyl (C=O) groups excluding carboxylic acids is 1. The average molecular weight is 294 g/mol. The first-order chi connectivity index (χ1) is 10.1. The van der Waals surface area contributed by atoms with Crippen molar-refractivity contribution in [2.75, 3.05) is 21.2 Å². The quantitative estimate of drug-likeness (QED) is 0.927. The molecule has 1 amide bonds. The molecule has 0 spiro atoms. The lowest BCUT2D eigenvalue weighted by atomic mass is 9.90. The van der Waals surface area contributed by atoms with Crippen LogP contribution in [0.1, 0.15) is 36.0 Å². The van der Waals surface area contributed by atoms with Crippen molar-refractivity contribution in [3.63, 3.8) is 0 Å². The average Bonchev–Trinajstić information content (AvgIpc) is 2.53. The molecule has 2 rings (SSSR count). The molecule has 0 atom stereocenters. The second-order valence-corrected chi connectivity index (χ2v) is 5.56. The molecule has 0 heterocycles. The lowest BCUT2D eigenvalue weighted by Gasteiger charge is -2.34. The number of hydrogen-bond donors (Lipinski definition) is 1. The standard InChI is InChI=1S/C16H23FN2O2/c1-18-11-4-6-12(7-5-11)19(2)16(20)14-9-8-13(21-3)10-15(14)17/h8-12,18H,4-7H2,1-3H3. The summed E-state index contributed by atoms with van der Waals surface area (Å²) < 4.78 is 19.0. The molecule has 1 aliphatic rings. The smallest absolute Gasteiger partial charge is 0.256 e. The fourth-order valence-electron chi connectivity index (χ4n) is 2.90. The molecule has 0 bridgehead atoms. The highest BCUT2D eigenvalue weighted by molar-refractivity contribution is 5.94. The van der Waals surface area contributed by atoms with Gasteiger partial charge in [-0.3, -0.25) is 4.79 Å². The Morgan fingerprint density at radius 1 is 1.33 bits per heavy atom. The van der Waals surface area contributed by atoms with Crippen LogP contribution in [0.5, 0.6) is 5.75 Å². The number of halogens is 1. The molecule has 1 saturated carbocycles. The van der Waals surface area contributed by atoms with Crippen molar-refractivity contribution in [1.29, 1.82) is 0 Å². The number of amides is 1. The first-order valence-corrected chi connectivity index (χ1v) is 7.34. The van der Waals surface area contributed by atoms with E-state index in [9.17, 15) is 9.18 Å². The number of methoxy groups -OCH3 is 1. The van der Waals surface area contributed by atoms with Crippen LogP contribution in [0.3, 0.4) is 0 Å². The third-order valence-corrected chi connectivity index (χ3v) is 4.38. The SMILES string of the molecule is CNC1CCC(N(C)C(=O)c2ccc(OC)cc2F)CC1. The van der Waals surface area contributed by atoms with Crippen molar-refractivity contribution in [1.82, 2.24) is 10.2 Å². The van der Waals surface area contributed by atoms with Gasteiger partial charge in [-0.1, -0.05) is 0 Å². The molecule has 5 heteroatoms. The predicted molar refractivity (Wildman–Crippen MR) is 80.1 cm³/mol. The van der Waals surface area contributed by atoms with Crippen LogP contribution in [0, 0.1) is 5.82 Å². The van der Waals surface area contributed by atoms with Crippen LogP contribution < -0.4 is 10.1 Å². The summed E-state index contributed by atoms with van der Waals surface area (Å²) in [7, 11) is 5.20. The molecule has 116 valence electrons. The Bertz CT molecular complexity index is 499. The monoisotopic (exact) mass is 294 g/mol. The maximum absolute atomic E-state index is 14.0. The highest BCUT2D eigenvalue weighted by Gasteiger charge is 2.27. The van der Waals surface area contributed by atoms with Gasteiger partial charge in [0.05, 0.1) is 12.7 Å². The van der Waals surface area contributed by atoms with E-state index in [1.807, 2.05) is 7.05 Å². The van der Waals surface area contributed by atoms with E-state index in [1.165, 1.54) is 19.2 Å². The molecule has 1 aliphatic carbocycles. The van der Waals surface area contributed by atoms with E-state index in [-0.39, 0.29) is 17.5 Å². The van der Waals surface area contributed by atoms with Crippen molar-refractivity contribution in [2.45, 2.75) is 37.8 Å². The van der Waals surface area contributed by atoms with Crippen LogP contribution in [-0.4, -0.2) is 44.1 Å². The van der Waals surface area contributed by atoms with Gasteiger partial charge in [-0.15, -0.1) is 0 Å². The highest BCUT2D eigenvalue weighted by atomic mass is 19.1. The molecule has 0 aromatic heterocycles. The number of carbonyl (C=O) groups is 1. The van der Waals surface area contributed by atoms with Gasteiger partial charge in [0.2, 0.25) is 0 Å². The summed E-state index contributed by atoms with van der Waals surface area (Å²) in [5, 5.41) is 3.27. The topological polar surface area (TPSA) is 41.6 Å². The maximum atomic E-state index is 14.0. The molecule has 1 aromatic carbocycles. The van der Waals surface area contributed by atoms with Gasteiger partial charge in [-0.25, -0.2) is 4.39 Å². The minimum atomic E-state index is -0.532. The Labute approximate surface area is 125 Å². The van der Waals surface area contributed by atoms with E-state index < -0.39 is 5.82 Å². The van der Waals surface area contributed by atoms with E-state index >= 15 is 0 Å². The summed E-state index contributed by atoms with van der Waals surface area (Å²) in [5.41, 5.74) is 0.106. The van der Waals surface area contributed by atoms with E-state index in [0.717, 1.165) is 25.7 Å². The molecule has 4 nitrogen and oxygen atoms in total. The van der Waals surface area contributed by atoms with Gasteiger partial charge in [0.15, 0.2) is 0 Å². The zero-order chi connectivity index (χ0) is 15.4. The third-order valence-electron chi connectivity index (χ3n) is 4.38. The van der Waals surface area contributed by atoms with Crippen LogP contribution in [0.25, 0.3) is 0 Å². The zero-order valence-corrected chi connectivity index (χ0v) is 12.9. The van der Waals surface area contributed by atoms with Crippen LogP contribution >= 0.6 is 0 Å². The van der Waals surface area contributed by atoms with Gasteiger partial charge in [-0.05, 0) is 44.9 Å². The Balaban J connectivity index is 2.06. The number of rotatable bonds is 4. The molecule has 0 radical (unpaired) electrons. The molecular formula is C16H23FN2O2. The van der Waals surface area contributed by atoms with E-state index in [4.69, 9.17) is 4.74 Å². The normalized spacial score (nSPS) is 21.9. The lowest BCUT2D eigenvalue weighted by molar-refractivity contribution is 0.0681. The van der Waals surface area contributed by atoms with Gasteiger partial charge >= 0.3 is 0 Å². The molecule has 1 fully saturated rings. The summed E-state index contributed by atoms with van der Waals surface area (Å²) in [6.07, 6.45) is 3.99. The summed E-state index contributed by atoms with van der Waals surface area (Å²) in [5.74, 6) is -0.376. The van der Waals surface area contributed by atoms with Gasteiger partial charge in [0.1, 0.15) is 11.6 Å². The van der Waals surface area contributed by atoms with Crippen molar-refractivity contribution < 1.29 is 13.9 Å².